The Labute approximate surface area is 120 Å². The summed E-state index contributed by atoms with van der Waals surface area (Å²) in [5, 5.41) is 1.29. The Balaban J connectivity index is 2.36. The molecule has 0 amide bonds. The Morgan fingerprint density at radius 2 is 1.83 bits per heavy atom. The Morgan fingerprint density at radius 1 is 1.06 bits per heavy atom. The van der Waals surface area contributed by atoms with Crippen molar-refractivity contribution in [2.45, 2.75) is 9.79 Å². The van der Waals surface area contributed by atoms with Crippen LogP contribution in [-0.2, 0) is 0 Å². The quantitative estimate of drug-likeness (QED) is 0.832. The van der Waals surface area contributed by atoms with Crippen molar-refractivity contribution < 1.29 is 4.74 Å². The number of methoxy groups -OCH3 is 1. The predicted molar refractivity (Wildman–Crippen MR) is 78.0 cm³/mol. The summed E-state index contributed by atoms with van der Waals surface area (Å²) in [6, 6.07) is 10.8. The van der Waals surface area contributed by atoms with Gasteiger partial charge in [-0.25, -0.2) is 0 Å². The van der Waals surface area contributed by atoms with Gasteiger partial charge in [0.25, 0.3) is 0 Å². The van der Waals surface area contributed by atoms with Crippen LogP contribution in [0.15, 0.2) is 46.2 Å². The van der Waals surface area contributed by atoms with Crippen LogP contribution >= 0.6 is 35.0 Å². The maximum absolute atomic E-state index is 6.12. The average Bonchev–Trinajstić information content (AvgIpc) is 2.36. The molecule has 0 aliphatic rings. The van der Waals surface area contributed by atoms with Gasteiger partial charge in [-0.15, -0.1) is 0 Å². The molecular formula is C13H11Cl2NOS. The first-order valence-electron chi connectivity index (χ1n) is 5.16. The monoisotopic (exact) mass is 299 g/mol. The number of nitrogen functional groups attached to an aromatic ring is 1. The molecule has 0 saturated heterocycles. The molecule has 18 heavy (non-hydrogen) atoms. The summed E-state index contributed by atoms with van der Waals surface area (Å²) < 4.78 is 5.17. The van der Waals surface area contributed by atoms with Crippen molar-refractivity contribution in [1.29, 1.82) is 0 Å². The molecule has 2 aromatic carbocycles. The molecular weight excluding hydrogens is 289 g/mol. The molecule has 2 nitrogen and oxygen atoms in total. The van der Waals surface area contributed by atoms with E-state index < -0.39 is 0 Å². The van der Waals surface area contributed by atoms with Crippen LogP contribution in [0, 0.1) is 0 Å². The van der Waals surface area contributed by atoms with E-state index in [0.29, 0.717) is 15.7 Å². The standard InChI is InChI=1S/C13H11Cl2NOS/c1-17-9-3-5-11(16)13(7-9)18-12-6-8(14)2-4-10(12)15/h2-7H,16H2,1H3. The normalized spacial score (nSPS) is 10.4. The first-order valence-corrected chi connectivity index (χ1v) is 6.74. The molecule has 0 radical (unpaired) electrons. The average molecular weight is 300 g/mol. The minimum absolute atomic E-state index is 0.642. The lowest BCUT2D eigenvalue weighted by molar-refractivity contribution is 0.414. The fourth-order valence-corrected chi connectivity index (χ4v) is 2.82. The van der Waals surface area contributed by atoms with E-state index in [-0.39, 0.29) is 0 Å². The van der Waals surface area contributed by atoms with Crippen molar-refractivity contribution >= 4 is 40.7 Å². The highest BCUT2D eigenvalue weighted by Gasteiger charge is 2.08. The van der Waals surface area contributed by atoms with Gasteiger partial charge in [-0.05, 0) is 36.4 Å². The molecule has 2 rings (SSSR count). The SMILES string of the molecule is COc1ccc(N)c(Sc2cc(Cl)ccc2Cl)c1. The smallest absolute Gasteiger partial charge is 0.120 e. The van der Waals surface area contributed by atoms with Gasteiger partial charge in [0.15, 0.2) is 0 Å². The van der Waals surface area contributed by atoms with Crippen LogP contribution in [0.4, 0.5) is 5.69 Å². The number of halogens is 2. The van der Waals surface area contributed by atoms with E-state index in [1.165, 1.54) is 11.8 Å². The fraction of sp³-hybridized carbons (Fsp3) is 0.0769. The summed E-state index contributed by atoms with van der Waals surface area (Å²) >= 11 is 13.5. The minimum Gasteiger partial charge on any atom is -0.497 e. The first-order chi connectivity index (χ1) is 8.60. The van der Waals surface area contributed by atoms with Crippen molar-refractivity contribution in [2.75, 3.05) is 12.8 Å². The molecule has 0 unspecified atom stereocenters. The van der Waals surface area contributed by atoms with Gasteiger partial charge in [0.2, 0.25) is 0 Å². The van der Waals surface area contributed by atoms with Gasteiger partial charge >= 0.3 is 0 Å². The maximum atomic E-state index is 6.12. The summed E-state index contributed by atoms with van der Waals surface area (Å²) in [5.74, 6) is 0.754. The zero-order valence-corrected chi connectivity index (χ0v) is 11.9. The number of rotatable bonds is 3. The van der Waals surface area contributed by atoms with Crippen molar-refractivity contribution in [3.63, 3.8) is 0 Å². The predicted octanol–water partition coefficient (Wildman–Crippen LogP) is 4.74. The number of ether oxygens (including phenoxy) is 1. The van der Waals surface area contributed by atoms with Crippen molar-refractivity contribution in [1.82, 2.24) is 0 Å². The topological polar surface area (TPSA) is 35.2 Å². The van der Waals surface area contributed by atoms with Crippen LogP contribution in [0.2, 0.25) is 10.0 Å². The number of anilines is 1. The number of nitrogens with two attached hydrogens (primary N) is 1. The molecule has 0 aromatic heterocycles. The third kappa shape index (κ3) is 3.05. The van der Waals surface area contributed by atoms with Gasteiger partial charge in [0, 0.05) is 20.5 Å². The number of benzene rings is 2. The molecule has 0 aliphatic heterocycles. The van der Waals surface area contributed by atoms with Crippen molar-refractivity contribution in [3.05, 3.63) is 46.4 Å². The van der Waals surface area contributed by atoms with Crippen molar-refractivity contribution in [2.24, 2.45) is 0 Å². The van der Waals surface area contributed by atoms with E-state index in [9.17, 15) is 0 Å². The van der Waals surface area contributed by atoms with Gasteiger partial charge < -0.3 is 10.5 Å². The Kier molecular flexibility index (Phi) is 4.27. The lowest BCUT2D eigenvalue weighted by Gasteiger charge is -2.09. The van der Waals surface area contributed by atoms with Crippen LogP contribution in [0.1, 0.15) is 0 Å². The largest absolute Gasteiger partial charge is 0.497 e. The highest BCUT2D eigenvalue weighted by atomic mass is 35.5. The molecule has 94 valence electrons. The fourth-order valence-electron chi connectivity index (χ4n) is 1.40. The number of hydrogen-bond acceptors (Lipinski definition) is 3. The number of hydrogen-bond donors (Lipinski definition) is 1. The van der Waals surface area contributed by atoms with Crippen LogP contribution < -0.4 is 10.5 Å². The third-order valence-electron chi connectivity index (χ3n) is 2.33. The van der Waals surface area contributed by atoms with E-state index >= 15 is 0 Å². The molecule has 2 N–H and O–H groups in total. The first kappa shape index (κ1) is 13.4. The summed E-state index contributed by atoms with van der Waals surface area (Å²) in [6.07, 6.45) is 0. The molecule has 0 saturated carbocycles. The van der Waals surface area contributed by atoms with E-state index in [0.717, 1.165) is 15.5 Å². The molecule has 0 heterocycles. The minimum atomic E-state index is 0.642. The highest BCUT2D eigenvalue weighted by molar-refractivity contribution is 7.99. The van der Waals surface area contributed by atoms with Gasteiger partial charge in [0.05, 0.1) is 12.1 Å². The Hall–Kier alpha value is -1.03. The third-order valence-corrected chi connectivity index (χ3v) is 4.14. The summed E-state index contributed by atoms with van der Waals surface area (Å²) in [7, 11) is 1.62. The second kappa shape index (κ2) is 5.74. The molecule has 0 aliphatic carbocycles. The van der Waals surface area contributed by atoms with Crippen LogP contribution in [0.25, 0.3) is 0 Å². The molecule has 0 bridgehead atoms. The van der Waals surface area contributed by atoms with Crippen LogP contribution in [0.3, 0.4) is 0 Å². The summed E-state index contributed by atoms with van der Waals surface area (Å²) in [5.41, 5.74) is 6.61. The lowest BCUT2D eigenvalue weighted by atomic mass is 10.3. The van der Waals surface area contributed by atoms with E-state index in [1.54, 1.807) is 25.3 Å². The van der Waals surface area contributed by atoms with E-state index in [2.05, 4.69) is 0 Å². The van der Waals surface area contributed by atoms with Crippen LogP contribution in [0.5, 0.6) is 5.75 Å². The molecule has 5 heteroatoms. The zero-order chi connectivity index (χ0) is 13.1. The second-order valence-corrected chi connectivity index (χ2v) is 5.51. The second-order valence-electron chi connectivity index (χ2n) is 3.58. The van der Waals surface area contributed by atoms with Crippen molar-refractivity contribution in [3.8, 4) is 5.75 Å². The molecule has 0 fully saturated rings. The summed E-state index contributed by atoms with van der Waals surface area (Å²) in [4.78, 5) is 1.75. The van der Waals surface area contributed by atoms with Gasteiger partial charge in [0.1, 0.15) is 5.75 Å². The highest BCUT2D eigenvalue weighted by Crippen LogP contribution is 2.39. The summed E-state index contributed by atoms with van der Waals surface area (Å²) in [6.45, 7) is 0. The van der Waals surface area contributed by atoms with Gasteiger partial charge in [-0.1, -0.05) is 35.0 Å². The molecule has 0 spiro atoms. The molecule has 0 atom stereocenters. The molecule has 2 aromatic rings. The Bertz CT molecular complexity index is 575. The van der Waals surface area contributed by atoms with E-state index in [4.69, 9.17) is 33.7 Å². The lowest BCUT2D eigenvalue weighted by Crippen LogP contribution is -1.90. The van der Waals surface area contributed by atoms with E-state index in [1.807, 2.05) is 18.2 Å². The maximum Gasteiger partial charge on any atom is 0.120 e. The van der Waals surface area contributed by atoms with Gasteiger partial charge in [-0.2, -0.15) is 0 Å². The zero-order valence-electron chi connectivity index (χ0n) is 9.61. The Morgan fingerprint density at radius 3 is 2.56 bits per heavy atom. The van der Waals surface area contributed by atoms with Gasteiger partial charge in [-0.3, -0.25) is 0 Å². The van der Waals surface area contributed by atoms with Crippen LogP contribution in [-0.4, -0.2) is 7.11 Å².